The Labute approximate surface area is 60.0 Å². The molecule has 0 saturated carbocycles. The maximum atomic E-state index is 3.67. The molecule has 0 aromatic carbocycles. The molecule has 0 bridgehead atoms. The lowest BCUT2D eigenvalue weighted by atomic mass is 10.5. The normalized spacial score (nSPS) is 9.56. The second-order valence-corrected chi connectivity index (χ2v) is 3.04. The summed E-state index contributed by atoms with van der Waals surface area (Å²) in [7, 11) is 0.425. The van der Waals surface area contributed by atoms with Crippen LogP contribution in [-0.4, -0.2) is 27.3 Å². The second-order valence-electron chi connectivity index (χ2n) is 1.79. The number of hydrogen-bond donors (Lipinski definition) is 0. The Hall–Kier alpha value is -0.343. The first kappa shape index (κ1) is 8.66. The van der Waals surface area contributed by atoms with E-state index in [-0.39, 0.29) is 0 Å². The molecular weight excluding hydrogens is 126 g/mol. The highest BCUT2D eigenvalue weighted by molar-refractivity contribution is 6.29. The van der Waals surface area contributed by atoms with Crippen molar-refractivity contribution in [1.82, 2.24) is 4.57 Å². The molecule has 0 heterocycles. The van der Waals surface area contributed by atoms with E-state index < -0.39 is 0 Å². The molecule has 0 saturated heterocycles. The third-order valence-corrected chi connectivity index (χ3v) is 2.24. The Morgan fingerprint density at radius 2 is 1.78 bits per heavy atom. The summed E-state index contributed by atoms with van der Waals surface area (Å²) in [5.41, 5.74) is 0. The van der Waals surface area contributed by atoms with Crippen LogP contribution in [0.3, 0.4) is 0 Å². The Morgan fingerprint density at radius 1 is 1.33 bits per heavy atom. The summed E-state index contributed by atoms with van der Waals surface area (Å²) in [4.78, 5) is 0. The van der Waals surface area contributed by atoms with Gasteiger partial charge in [-0.25, -0.2) is 0 Å². The lowest BCUT2D eigenvalue weighted by Crippen LogP contribution is -2.25. The highest BCUT2D eigenvalue weighted by Gasteiger charge is 1.93. The first-order valence-corrected chi connectivity index (χ1v) is 4.77. The first-order chi connectivity index (χ1) is 4.35. The van der Waals surface area contributed by atoms with E-state index in [4.69, 9.17) is 0 Å². The maximum Gasteiger partial charge on any atom is 0.114 e. The molecule has 0 rings (SSSR count). The monoisotopic (exact) mass is 140 g/mol. The highest BCUT2D eigenvalue weighted by Crippen LogP contribution is 1.84. The molecule has 0 N–H and O–H groups in total. The first-order valence-electron chi connectivity index (χ1n) is 3.10. The minimum atomic E-state index is 0.425. The van der Waals surface area contributed by atoms with Crippen LogP contribution in [0.2, 0.25) is 6.55 Å². The van der Waals surface area contributed by atoms with Gasteiger partial charge in [-0.2, -0.15) is 0 Å². The topological polar surface area (TPSA) is 3.24 Å². The van der Waals surface area contributed by atoms with Gasteiger partial charge in [0.25, 0.3) is 0 Å². The average Bonchev–Trinajstić information content (AvgIpc) is 1.88. The van der Waals surface area contributed by atoms with Crippen molar-refractivity contribution < 1.29 is 0 Å². The van der Waals surface area contributed by atoms with Crippen molar-refractivity contribution in [3.8, 4) is 0 Å². The Bertz CT molecular complexity index is 80.9. The zero-order valence-corrected chi connectivity index (χ0v) is 7.16. The molecule has 9 heavy (non-hydrogen) atoms. The molecule has 51 valence electrons. The highest BCUT2D eigenvalue weighted by atomic mass is 28.2. The summed E-state index contributed by atoms with van der Waals surface area (Å²) >= 11 is 0. The SMILES string of the molecule is C=CCN(CC=C)[SiH]C. The van der Waals surface area contributed by atoms with Crippen LogP contribution in [0.15, 0.2) is 25.3 Å². The van der Waals surface area contributed by atoms with Crippen molar-refractivity contribution in [2.45, 2.75) is 6.55 Å². The van der Waals surface area contributed by atoms with Crippen LogP contribution in [0.1, 0.15) is 0 Å². The summed E-state index contributed by atoms with van der Waals surface area (Å²) in [6.45, 7) is 11.5. The smallest absolute Gasteiger partial charge is 0.114 e. The van der Waals surface area contributed by atoms with Crippen molar-refractivity contribution in [2.75, 3.05) is 13.1 Å². The van der Waals surface area contributed by atoms with E-state index in [1.165, 1.54) is 0 Å². The largest absolute Gasteiger partial charge is 0.321 e. The predicted molar refractivity (Wildman–Crippen MR) is 45.0 cm³/mol. The van der Waals surface area contributed by atoms with Crippen LogP contribution in [-0.2, 0) is 0 Å². The number of rotatable bonds is 5. The summed E-state index contributed by atoms with van der Waals surface area (Å²) in [5.74, 6) is 0. The van der Waals surface area contributed by atoms with Gasteiger partial charge in [0, 0.05) is 13.1 Å². The Balaban J connectivity index is 3.39. The lowest BCUT2D eigenvalue weighted by molar-refractivity contribution is 0.547. The van der Waals surface area contributed by atoms with E-state index in [0.29, 0.717) is 9.68 Å². The fourth-order valence-electron chi connectivity index (χ4n) is 0.617. The molecule has 0 aliphatic carbocycles. The van der Waals surface area contributed by atoms with E-state index in [1.807, 2.05) is 12.2 Å². The molecule has 1 radical (unpaired) electrons. The minimum Gasteiger partial charge on any atom is -0.321 e. The van der Waals surface area contributed by atoms with Crippen molar-refractivity contribution in [3.63, 3.8) is 0 Å². The fourth-order valence-corrected chi connectivity index (χ4v) is 1.34. The molecule has 0 amide bonds. The van der Waals surface area contributed by atoms with E-state index in [9.17, 15) is 0 Å². The van der Waals surface area contributed by atoms with Crippen LogP contribution < -0.4 is 0 Å². The molecule has 0 aromatic heterocycles. The second kappa shape index (κ2) is 5.79. The predicted octanol–water partition coefficient (Wildman–Crippen LogP) is 1.06. The lowest BCUT2D eigenvalue weighted by Gasteiger charge is -2.14. The van der Waals surface area contributed by atoms with Gasteiger partial charge in [0.15, 0.2) is 0 Å². The van der Waals surface area contributed by atoms with Crippen molar-refractivity contribution in [2.24, 2.45) is 0 Å². The summed E-state index contributed by atoms with van der Waals surface area (Å²) in [6, 6.07) is 0. The standard InChI is InChI=1S/C7H14NSi/c1-4-6-8(9-3)7-5-2/h4-5,9H,1-2,6-7H2,3H3. The van der Waals surface area contributed by atoms with Crippen molar-refractivity contribution in [1.29, 1.82) is 0 Å². The zero-order chi connectivity index (χ0) is 7.11. The van der Waals surface area contributed by atoms with Gasteiger partial charge in [-0.1, -0.05) is 18.7 Å². The number of hydrogen-bond acceptors (Lipinski definition) is 1. The van der Waals surface area contributed by atoms with Crippen LogP contribution >= 0.6 is 0 Å². The summed E-state index contributed by atoms with van der Waals surface area (Å²) < 4.78 is 2.33. The molecule has 0 unspecified atom stereocenters. The molecule has 0 atom stereocenters. The van der Waals surface area contributed by atoms with Gasteiger partial charge in [0.1, 0.15) is 9.68 Å². The van der Waals surface area contributed by atoms with E-state index in [1.54, 1.807) is 0 Å². The summed E-state index contributed by atoms with van der Waals surface area (Å²) in [5, 5.41) is 0. The molecule has 0 aromatic rings. The van der Waals surface area contributed by atoms with Crippen molar-refractivity contribution in [3.05, 3.63) is 25.3 Å². The van der Waals surface area contributed by atoms with E-state index >= 15 is 0 Å². The Morgan fingerprint density at radius 3 is 2.00 bits per heavy atom. The van der Waals surface area contributed by atoms with Crippen LogP contribution in [0.5, 0.6) is 0 Å². The maximum absolute atomic E-state index is 3.67. The van der Waals surface area contributed by atoms with Gasteiger partial charge in [0.05, 0.1) is 0 Å². The van der Waals surface area contributed by atoms with Crippen molar-refractivity contribution >= 4 is 9.68 Å². The fraction of sp³-hybridized carbons (Fsp3) is 0.429. The average molecular weight is 140 g/mol. The number of nitrogens with zero attached hydrogens (tertiary/aromatic N) is 1. The molecule has 0 aliphatic heterocycles. The van der Waals surface area contributed by atoms with E-state index in [0.717, 1.165) is 13.1 Å². The van der Waals surface area contributed by atoms with Gasteiger partial charge in [-0.3, -0.25) is 0 Å². The van der Waals surface area contributed by atoms with Gasteiger partial charge in [-0.05, 0) is 0 Å². The molecule has 0 spiro atoms. The summed E-state index contributed by atoms with van der Waals surface area (Å²) in [6.07, 6.45) is 3.86. The Kier molecular flexibility index (Phi) is 5.57. The van der Waals surface area contributed by atoms with E-state index in [2.05, 4.69) is 24.3 Å². The molecule has 1 nitrogen and oxygen atoms in total. The van der Waals surface area contributed by atoms with Crippen LogP contribution in [0.25, 0.3) is 0 Å². The molecule has 0 fully saturated rings. The third-order valence-electron chi connectivity index (χ3n) is 1.09. The van der Waals surface area contributed by atoms with Crippen LogP contribution in [0, 0.1) is 0 Å². The molecular formula is C7H14NSi. The quantitative estimate of drug-likeness (QED) is 0.408. The zero-order valence-electron chi connectivity index (χ0n) is 6.01. The van der Waals surface area contributed by atoms with Gasteiger partial charge < -0.3 is 4.57 Å². The minimum absolute atomic E-state index is 0.425. The van der Waals surface area contributed by atoms with Gasteiger partial charge in [0.2, 0.25) is 0 Å². The molecule has 2 heteroatoms. The van der Waals surface area contributed by atoms with Gasteiger partial charge >= 0.3 is 0 Å². The third kappa shape index (κ3) is 4.18. The molecule has 0 aliphatic rings. The van der Waals surface area contributed by atoms with Gasteiger partial charge in [-0.15, -0.1) is 13.2 Å². The van der Waals surface area contributed by atoms with Crippen LogP contribution in [0.4, 0.5) is 0 Å².